The first-order valence-corrected chi connectivity index (χ1v) is 9.08. The van der Waals surface area contributed by atoms with Gasteiger partial charge >= 0.3 is 0 Å². The molecule has 2 aromatic carbocycles. The first-order chi connectivity index (χ1) is 12.8. The van der Waals surface area contributed by atoms with Crippen LogP contribution in [-0.2, 0) is 6.54 Å². The summed E-state index contributed by atoms with van der Waals surface area (Å²) < 4.78 is 2.72. The fraction of sp³-hybridized carbons (Fsp3) is 0.158. The number of nitro benzene ring substituents is 1. The summed E-state index contributed by atoms with van der Waals surface area (Å²) in [6.07, 6.45) is 5.48. The van der Waals surface area contributed by atoms with Gasteiger partial charge in [-0.2, -0.15) is 4.99 Å². The number of amides is 1. The van der Waals surface area contributed by atoms with Crippen LogP contribution < -0.4 is 4.80 Å². The number of hydrogen-bond donors (Lipinski definition) is 0. The van der Waals surface area contributed by atoms with E-state index in [0.29, 0.717) is 4.80 Å². The lowest BCUT2D eigenvalue weighted by atomic mass is 10.1. The van der Waals surface area contributed by atoms with Gasteiger partial charge in [0.25, 0.3) is 11.6 Å². The molecular weight excluding hydrogens is 386 g/mol. The lowest BCUT2D eigenvalue weighted by molar-refractivity contribution is -0.384. The highest BCUT2D eigenvalue weighted by molar-refractivity contribution is 7.16. The fourth-order valence-electron chi connectivity index (χ4n) is 2.59. The Morgan fingerprint density at radius 2 is 2.04 bits per heavy atom. The molecule has 3 aromatic rings. The Kier molecular flexibility index (Phi) is 5.13. The molecule has 0 N–H and O–H groups in total. The summed E-state index contributed by atoms with van der Waals surface area (Å²) in [5.41, 5.74) is 2.86. The summed E-state index contributed by atoms with van der Waals surface area (Å²) >= 11 is 7.37. The Balaban J connectivity index is 2.20. The molecule has 1 heterocycles. The van der Waals surface area contributed by atoms with E-state index in [4.69, 9.17) is 18.0 Å². The summed E-state index contributed by atoms with van der Waals surface area (Å²) in [6.45, 7) is 4.25. The number of terminal acetylenes is 1. The lowest BCUT2D eigenvalue weighted by Crippen LogP contribution is -2.16. The van der Waals surface area contributed by atoms with Gasteiger partial charge in [-0.3, -0.25) is 14.9 Å². The summed E-state index contributed by atoms with van der Waals surface area (Å²) in [4.78, 5) is 27.6. The molecule has 0 saturated carbocycles. The zero-order chi connectivity index (χ0) is 19.7. The summed E-state index contributed by atoms with van der Waals surface area (Å²) in [5, 5.41) is 11.1. The van der Waals surface area contributed by atoms with E-state index in [1.807, 2.05) is 26.0 Å². The van der Waals surface area contributed by atoms with Crippen molar-refractivity contribution >= 4 is 44.7 Å². The Morgan fingerprint density at radius 3 is 2.70 bits per heavy atom. The van der Waals surface area contributed by atoms with Gasteiger partial charge in [0.05, 0.1) is 32.3 Å². The Bertz CT molecular complexity index is 1200. The molecule has 1 amide bonds. The van der Waals surface area contributed by atoms with Gasteiger partial charge < -0.3 is 4.57 Å². The quantitative estimate of drug-likeness (QED) is 0.375. The number of nitrogens with zero attached hydrogens (tertiary/aromatic N) is 3. The smallest absolute Gasteiger partial charge is 0.281 e. The minimum Gasteiger partial charge on any atom is -0.305 e. The number of carbonyl (C=O) groups is 1. The molecule has 0 atom stereocenters. The second-order valence-corrected chi connectivity index (χ2v) is 7.33. The second-order valence-electron chi connectivity index (χ2n) is 5.92. The number of halogens is 1. The van der Waals surface area contributed by atoms with Crippen LogP contribution in [0.25, 0.3) is 10.2 Å². The number of aryl methyl sites for hydroxylation is 2. The third kappa shape index (κ3) is 3.63. The summed E-state index contributed by atoms with van der Waals surface area (Å²) in [5.74, 6) is 1.91. The van der Waals surface area contributed by atoms with Crippen molar-refractivity contribution in [2.24, 2.45) is 4.99 Å². The van der Waals surface area contributed by atoms with Crippen molar-refractivity contribution in [3.05, 3.63) is 67.0 Å². The van der Waals surface area contributed by atoms with E-state index >= 15 is 0 Å². The van der Waals surface area contributed by atoms with Crippen molar-refractivity contribution in [1.29, 1.82) is 0 Å². The number of carbonyl (C=O) groups excluding carboxylic acids is 1. The van der Waals surface area contributed by atoms with Crippen LogP contribution in [-0.4, -0.2) is 15.4 Å². The van der Waals surface area contributed by atoms with E-state index < -0.39 is 10.8 Å². The van der Waals surface area contributed by atoms with E-state index in [1.165, 1.54) is 23.5 Å². The van der Waals surface area contributed by atoms with Crippen molar-refractivity contribution in [3.63, 3.8) is 0 Å². The maximum absolute atomic E-state index is 12.6. The zero-order valence-corrected chi connectivity index (χ0v) is 16.1. The molecule has 0 aliphatic heterocycles. The van der Waals surface area contributed by atoms with E-state index in [1.54, 1.807) is 4.57 Å². The van der Waals surface area contributed by atoms with E-state index in [0.717, 1.165) is 27.4 Å². The van der Waals surface area contributed by atoms with Gasteiger partial charge in [0.2, 0.25) is 0 Å². The average molecular weight is 400 g/mol. The molecule has 0 spiro atoms. The molecule has 0 aliphatic carbocycles. The molecule has 27 heavy (non-hydrogen) atoms. The standard InChI is InChI=1S/C19H14ClN3O3S/c1-4-7-22-16-8-11(2)12(3)9-17(16)27-19(22)21-18(24)14-10-13(23(25)26)5-6-15(14)20/h1,5-6,8-10H,7H2,2-3H3. The van der Waals surface area contributed by atoms with Gasteiger partial charge in [0.15, 0.2) is 4.80 Å². The second kappa shape index (κ2) is 7.35. The van der Waals surface area contributed by atoms with E-state index in [-0.39, 0.29) is 22.8 Å². The van der Waals surface area contributed by atoms with Gasteiger partial charge in [-0.25, -0.2) is 0 Å². The first kappa shape index (κ1) is 18.8. The molecule has 0 fully saturated rings. The molecule has 6 nitrogen and oxygen atoms in total. The summed E-state index contributed by atoms with van der Waals surface area (Å²) in [6, 6.07) is 7.70. The maximum atomic E-state index is 12.6. The van der Waals surface area contributed by atoms with Crippen LogP contribution in [0.4, 0.5) is 5.69 Å². The highest BCUT2D eigenvalue weighted by atomic mass is 35.5. The van der Waals surface area contributed by atoms with Crippen molar-refractivity contribution in [2.75, 3.05) is 0 Å². The number of thiazole rings is 1. The Hall–Kier alpha value is -2.95. The monoisotopic (exact) mass is 399 g/mol. The fourth-order valence-corrected chi connectivity index (χ4v) is 3.89. The molecular formula is C19H14ClN3O3S. The number of hydrogen-bond acceptors (Lipinski definition) is 4. The van der Waals surface area contributed by atoms with Gasteiger partial charge in [-0.1, -0.05) is 28.9 Å². The summed E-state index contributed by atoms with van der Waals surface area (Å²) in [7, 11) is 0. The van der Waals surface area contributed by atoms with Crippen LogP contribution in [0.15, 0.2) is 35.3 Å². The number of fused-ring (bicyclic) bond motifs is 1. The number of nitro groups is 1. The molecule has 0 saturated heterocycles. The van der Waals surface area contributed by atoms with Crippen LogP contribution in [0.2, 0.25) is 5.02 Å². The highest BCUT2D eigenvalue weighted by Gasteiger charge is 2.16. The lowest BCUT2D eigenvalue weighted by Gasteiger charge is -2.03. The van der Waals surface area contributed by atoms with Gasteiger partial charge in [-0.15, -0.1) is 6.42 Å². The molecule has 8 heteroatoms. The van der Waals surface area contributed by atoms with Crippen molar-refractivity contribution in [1.82, 2.24) is 4.57 Å². The SMILES string of the molecule is C#CCn1c(=NC(=O)c2cc([N+](=O)[O-])ccc2Cl)sc2cc(C)c(C)cc21. The van der Waals surface area contributed by atoms with Crippen molar-refractivity contribution < 1.29 is 9.72 Å². The largest absolute Gasteiger partial charge is 0.305 e. The molecule has 0 unspecified atom stereocenters. The molecule has 0 bridgehead atoms. The minimum atomic E-state index is -0.658. The molecule has 3 rings (SSSR count). The van der Waals surface area contributed by atoms with Gasteiger partial charge in [0.1, 0.15) is 0 Å². The minimum absolute atomic E-state index is 0.0251. The third-order valence-electron chi connectivity index (χ3n) is 4.14. The third-order valence-corrected chi connectivity index (χ3v) is 5.51. The Labute approximate surface area is 163 Å². The topological polar surface area (TPSA) is 77.5 Å². The molecule has 0 aliphatic rings. The van der Waals surface area contributed by atoms with E-state index in [2.05, 4.69) is 10.9 Å². The molecule has 0 radical (unpaired) electrons. The predicted molar refractivity (Wildman–Crippen MR) is 106 cm³/mol. The van der Waals surface area contributed by atoms with Crippen molar-refractivity contribution in [2.45, 2.75) is 20.4 Å². The number of non-ortho nitro benzene ring substituents is 1. The number of aromatic nitrogens is 1. The predicted octanol–water partition coefficient (Wildman–Crippen LogP) is 4.26. The van der Waals surface area contributed by atoms with Crippen LogP contribution in [0.1, 0.15) is 21.5 Å². The molecule has 136 valence electrons. The van der Waals surface area contributed by atoms with Crippen LogP contribution in [0.3, 0.4) is 0 Å². The van der Waals surface area contributed by atoms with Gasteiger partial charge in [0, 0.05) is 12.1 Å². The zero-order valence-electron chi connectivity index (χ0n) is 14.5. The Morgan fingerprint density at radius 1 is 1.33 bits per heavy atom. The number of rotatable bonds is 3. The molecule has 1 aromatic heterocycles. The van der Waals surface area contributed by atoms with Crippen LogP contribution in [0, 0.1) is 36.3 Å². The average Bonchev–Trinajstić information content (AvgIpc) is 2.92. The van der Waals surface area contributed by atoms with Gasteiger partial charge in [-0.05, 0) is 43.2 Å². The van der Waals surface area contributed by atoms with Crippen molar-refractivity contribution in [3.8, 4) is 12.3 Å². The van der Waals surface area contributed by atoms with Crippen LogP contribution in [0.5, 0.6) is 0 Å². The highest BCUT2D eigenvalue weighted by Crippen LogP contribution is 2.24. The maximum Gasteiger partial charge on any atom is 0.281 e. The first-order valence-electron chi connectivity index (χ1n) is 7.89. The number of benzene rings is 2. The normalized spacial score (nSPS) is 11.6. The van der Waals surface area contributed by atoms with E-state index in [9.17, 15) is 14.9 Å². The van der Waals surface area contributed by atoms with Crippen LogP contribution >= 0.6 is 22.9 Å².